The molecule has 0 spiro atoms. The third-order valence-electron chi connectivity index (χ3n) is 3.37. The number of H-pyrrole nitrogens is 1. The van der Waals surface area contributed by atoms with Crippen molar-refractivity contribution in [2.24, 2.45) is 5.92 Å². The molecule has 2 rings (SSSR count). The summed E-state index contributed by atoms with van der Waals surface area (Å²) in [5.41, 5.74) is 1.67. The number of carbonyl (C=O) groups is 2. The summed E-state index contributed by atoms with van der Waals surface area (Å²) >= 11 is 0. The van der Waals surface area contributed by atoms with E-state index in [0.717, 1.165) is 5.69 Å². The van der Waals surface area contributed by atoms with Gasteiger partial charge in [-0.3, -0.25) is 14.6 Å². The number of Topliss-reactive ketones (excluding diaryl/α,β-unsaturated/α-hetero) is 1. The molecule has 1 atom stereocenters. The van der Waals surface area contributed by atoms with Gasteiger partial charge in [0.15, 0.2) is 5.78 Å². The standard InChI is InChI=1S/C16H19N3O3/c1-11(21)13-7-15(18-9-13)16(22)19-8-12(10-20)6-14-4-2-3-5-17-14/h2-5,7,9,12,18,20H,6,8,10H2,1H3,(H,19,22). The molecular weight excluding hydrogens is 282 g/mol. The maximum absolute atomic E-state index is 12.0. The molecule has 2 heterocycles. The zero-order valence-corrected chi connectivity index (χ0v) is 12.4. The fourth-order valence-electron chi connectivity index (χ4n) is 2.08. The number of nitrogens with zero attached hydrogens (tertiary/aromatic N) is 1. The molecule has 0 saturated heterocycles. The molecule has 1 amide bonds. The van der Waals surface area contributed by atoms with E-state index in [9.17, 15) is 14.7 Å². The van der Waals surface area contributed by atoms with E-state index >= 15 is 0 Å². The Hall–Kier alpha value is -2.47. The molecule has 0 bridgehead atoms. The van der Waals surface area contributed by atoms with Gasteiger partial charge in [0.25, 0.3) is 5.91 Å². The maximum Gasteiger partial charge on any atom is 0.267 e. The largest absolute Gasteiger partial charge is 0.396 e. The fourth-order valence-corrected chi connectivity index (χ4v) is 2.08. The lowest BCUT2D eigenvalue weighted by Gasteiger charge is -2.14. The lowest BCUT2D eigenvalue weighted by molar-refractivity contribution is 0.0935. The highest BCUT2D eigenvalue weighted by Gasteiger charge is 2.14. The van der Waals surface area contributed by atoms with Crippen LogP contribution in [0.15, 0.2) is 36.7 Å². The highest BCUT2D eigenvalue weighted by atomic mass is 16.3. The summed E-state index contributed by atoms with van der Waals surface area (Å²) in [6.45, 7) is 1.74. The van der Waals surface area contributed by atoms with Gasteiger partial charge in [0.05, 0.1) is 0 Å². The molecule has 2 aromatic rings. The Morgan fingerprint density at radius 3 is 2.82 bits per heavy atom. The molecule has 116 valence electrons. The number of rotatable bonds is 7. The molecule has 22 heavy (non-hydrogen) atoms. The molecule has 0 radical (unpaired) electrons. The topological polar surface area (TPSA) is 95.1 Å². The number of aliphatic hydroxyl groups is 1. The first kappa shape index (κ1) is 15.9. The van der Waals surface area contributed by atoms with Gasteiger partial charge in [0.2, 0.25) is 0 Å². The van der Waals surface area contributed by atoms with Gasteiger partial charge in [0.1, 0.15) is 5.69 Å². The number of aromatic nitrogens is 2. The van der Waals surface area contributed by atoms with Gasteiger partial charge in [-0.15, -0.1) is 0 Å². The molecule has 0 aliphatic heterocycles. The van der Waals surface area contributed by atoms with Crippen LogP contribution < -0.4 is 5.32 Å². The second-order valence-corrected chi connectivity index (χ2v) is 5.14. The van der Waals surface area contributed by atoms with E-state index < -0.39 is 0 Å². The average molecular weight is 301 g/mol. The summed E-state index contributed by atoms with van der Waals surface area (Å²) in [7, 11) is 0. The minimum absolute atomic E-state index is 0.0414. The number of aliphatic hydroxyl groups excluding tert-OH is 1. The Morgan fingerprint density at radius 1 is 1.41 bits per heavy atom. The lowest BCUT2D eigenvalue weighted by Crippen LogP contribution is -2.32. The first-order valence-electron chi connectivity index (χ1n) is 7.08. The Balaban J connectivity index is 1.89. The van der Waals surface area contributed by atoms with Crippen molar-refractivity contribution in [3.63, 3.8) is 0 Å². The molecule has 0 saturated carbocycles. The predicted molar refractivity (Wildman–Crippen MR) is 81.6 cm³/mol. The second-order valence-electron chi connectivity index (χ2n) is 5.14. The van der Waals surface area contributed by atoms with Crippen molar-refractivity contribution in [2.45, 2.75) is 13.3 Å². The van der Waals surface area contributed by atoms with Crippen LogP contribution in [0.5, 0.6) is 0 Å². The van der Waals surface area contributed by atoms with Crippen LogP contribution in [0.4, 0.5) is 0 Å². The van der Waals surface area contributed by atoms with Gasteiger partial charge < -0.3 is 15.4 Å². The van der Waals surface area contributed by atoms with Crippen molar-refractivity contribution in [2.75, 3.05) is 13.2 Å². The molecule has 1 unspecified atom stereocenters. The molecular formula is C16H19N3O3. The van der Waals surface area contributed by atoms with Crippen molar-refractivity contribution in [1.29, 1.82) is 0 Å². The molecule has 0 aromatic carbocycles. The van der Waals surface area contributed by atoms with E-state index in [4.69, 9.17) is 0 Å². The summed E-state index contributed by atoms with van der Waals surface area (Å²) in [4.78, 5) is 30.2. The number of pyridine rings is 1. The van der Waals surface area contributed by atoms with E-state index in [1.807, 2.05) is 18.2 Å². The normalized spacial score (nSPS) is 11.9. The fraction of sp³-hybridized carbons (Fsp3) is 0.312. The third kappa shape index (κ3) is 4.26. The molecule has 2 aromatic heterocycles. The maximum atomic E-state index is 12.0. The van der Waals surface area contributed by atoms with Gasteiger partial charge in [-0.1, -0.05) is 6.07 Å². The second kappa shape index (κ2) is 7.51. The number of carbonyl (C=O) groups excluding carboxylic acids is 2. The minimum atomic E-state index is -0.299. The Morgan fingerprint density at radius 2 is 2.23 bits per heavy atom. The zero-order chi connectivity index (χ0) is 15.9. The quantitative estimate of drug-likeness (QED) is 0.670. The number of aromatic amines is 1. The SMILES string of the molecule is CC(=O)c1c[nH]c(C(=O)NCC(CO)Cc2ccccn2)c1. The average Bonchev–Trinajstić information content (AvgIpc) is 3.02. The molecule has 6 nitrogen and oxygen atoms in total. The Bertz CT molecular complexity index is 637. The summed E-state index contributed by atoms with van der Waals surface area (Å²) in [5.74, 6) is -0.508. The molecule has 3 N–H and O–H groups in total. The molecule has 0 aliphatic rings. The smallest absolute Gasteiger partial charge is 0.267 e. The van der Waals surface area contributed by atoms with Crippen molar-refractivity contribution in [3.8, 4) is 0 Å². The Kier molecular flexibility index (Phi) is 5.43. The van der Waals surface area contributed by atoms with Crippen LogP contribution in [0.25, 0.3) is 0 Å². The molecule has 0 aliphatic carbocycles. The summed E-state index contributed by atoms with van der Waals surface area (Å²) in [5, 5.41) is 12.2. The van der Waals surface area contributed by atoms with Gasteiger partial charge in [0, 0.05) is 42.7 Å². The predicted octanol–water partition coefficient (Wildman–Crippen LogP) is 1.19. The van der Waals surface area contributed by atoms with Crippen molar-refractivity contribution < 1.29 is 14.7 Å². The van der Waals surface area contributed by atoms with Crippen molar-refractivity contribution in [3.05, 3.63) is 53.6 Å². The van der Waals surface area contributed by atoms with E-state index in [1.54, 1.807) is 6.20 Å². The van der Waals surface area contributed by atoms with Crippen LogP contribution >= 0.6 is 0 Å². The van der Waals surface area contributed by atoms with Gasteiger partial charge in [-0.25, -0.2) is 0 Å². The van der Waals surface area contributed by atoms with Gasteiger partial charge >= 0.3 is 0 Å². The first-order valence-corrected chi connectivity index (χ1v) is 7.08. The van der Waals surface area contributed by atoms with E-state index in [1.165, 1.54) is 19.2 Å². The summed E-state index contributed by atoms with van der Waals surface area (Å²) in [6.07, 6.45) is 3.79. The summed E-state index contributed by atoms with van der Waals surface area (Å²) in [6, 6.07) is 7.12. The van der Waals surface area contributed by atoms with Crippen molar-refractivity contribution in [1.82, 2.24) is 15.3 Å². The monoisotopic (exact) mass is 301 g/mol. The van der Waals surface area contributed by atoms with E-state index in [0.29, 0.717) is 24.2 Å². The van der Waals surface area contributed by atoms with Crippen LogP contribution in [-0.2, 0) is 6.42 Å². The first-order chi connectivity index (χ1) is 10.6. The number of hydrogen-bond donors (Lipinski definition) is 3. The third-order valence-corrected chi connectivity index (χ3v) is 3.37. The van der Waals surface area contributed by atoms with Crippen LogP contribution in [0, 0.1) is 5.92 Å². The Labute approximate surface area is 128 Å². The summed E-state index contributed by atoms with van der Waals surface area (Å²) < 4.78 is 0. The van der Waals surface area contributed by atoms with Crippen LogP contribution in [0.3, 0.4) is 0 Å². The zero-order valence-electron chi connectivity index (χ0n) is 12.4. The van der Waals surface area contributed by atoms with Gasteiger partial charge in [-0.05, 0) is 31.5 Å². The number of ketones is 1. The van der Waals surface area contributed by atoms with Gasteiger partial charge in [-0.2, -0.15) is 0 Å². The number of amides is 1. The molecule has 6 heteroatoms. The minimum Gasteiger partial charge on any atom is -0.396 e. The number of nitrogens with one attached hydrogen (secondary N) is 2. The lowest BCUT2D eigenvalue weighted by atomic mass is 10.0. The van der Waals surface area contributed by atoms with E-state index in [-0.39, 0.29) is 24.2 Å². The van der Waals surface area contributed by atoms with E-state index in [2.05, 4.69) is 15.3 Å². The van der Waals surface area contributed by atoms with Crippen molar-refractivity contribution >= 4 is 11.7 Å². The molecule has 0 fully saturated rings. The highest BCUT2D eigenvalue weighted by Crippen LogP contribution is 2.07. The van der Waals surface area contributed by atoms with Crippen LogP contribution in [-0.4, -0.2) is 39.9 Å². The van der Waals surface area contributed by atoms with Crippen LogP contribution in [0.2, 0.25) is 0 Å². The highest BCUT2D eigenvalue weighted by molar-refractivity contribution is 5.99. The number of hydrogen-bond acceptors (Lipinski definition) is 4. The van der Waals surface area contributed by atoms with Crippen LogP contribution in [0.1, 0.15) is 33.5 Å².